The fraction of sp³-hybridized carbons (Fsp3) is 0.471. The van der Waals surface area contributed by atoms with E-state index in [1.807, 2.05) is 18.2 Å². The van der Waals surface area contributed by atoms with Crippen LogP contribution in [0.1, 0.15) is 41.7 Å². The fourth-order valence-electron chi connectivity index (χ4n) is 3.73. The molecule has 1 aliphatic carbocycles. The molecule has 118 valence electrons. The molecule has 1 saturated carbocycles. The molecule has 0 atom stereocenters. The number of nitrogens with two attached hydrogens (primary N) is 1. The van der Waals surface area contributed by atoms with Crippen molar-refractivity contribution >= 4 is 32.7 Å². The van der Waals surface area contributed by atoms with Gasteiger partial charge in [-0.25, -0.2) is 0 Å². The third kappa shape index (κ3) is 2.68. The first-order chi connectivity index (χ1) is 10.6. The Morgan fingerprint density at radius 2 is 2.09 bits per heavy atom. The average molecular weight is 365 g/mol. The minimum absolute atomic E-state index is 0.0478. The number of aromatic nitrogens is 1. The standard InChI is InChI=1S/C17H21BrN2O2/c18-12-6-3-7-13-15(12)16(17(19)22)14(20(13)8-9-21)10-11-4-1-2-5-11/h3,6-7,11,21H,1-2,4-5,8-10H2,(H2,19,22). The summed E-state index contributed by atoms with van der Waals surface area (Å²) >= 11 is 3.54. The lowest BCUT2D eigenvalue weighted by molar-refractivity contribution is 0.1000. The quantitative estimate of drug-likeness (QED) is 0.854. The van der Waals surface area contributed by atoms with Gasteiger partial charge in [-0.1, -0.05) is 47.7 Å². The Balaban J connectivity index is 2.21. The molecular formula is C17H21BrN2O2. The van der Waals surface area contributed by atoms with E-state index in [2.05, 4.69) is 20.5 Å². The second-order valence-corrected chi connectivity index (χ2v) is 6.90. The highest BCUT2D eigenvalue weighted by molar-refractivity contribution is 9.10. The first-order valence-corrected chi connectivity index (χ1v) is 8.63. The van der Waals surface area contributed by atoms with Crippen LogP contribution in [-0.2, 0) is 13.0 Å². The SMILES string of the molecule is NC(=O)c1c(CC2CCCC2)n(CCO)c2cccc(Br)c12. The van der Waals surface area contributed by atoms with E-state index in [-0.39, 0.29) is 12.5 Å². The van der Waals surface area contributed by atoms with Crippen molar-refractivity contribution in [2.75, 3.05) is 6.61 Å². The molecule has 0 bridgehead atoms. The number of hydrogen-bond acceptors (Lipinski definition) is 2. The Bertz CT molecular complexity index is 702. The van der Waals surface area contributed by atoms with E-state index in [4.69, 9.17) is 5.73 Å². The molecule has 22 heavy (non-hydrogen) atoms. The van der Waals surface area contributed by atoms with Crippen LogP contribution in [-0.4, -0.2) is 22.2 Å². The highest BCUT2D eigenvalue weighted by atomic mass is 79.9. The van der Waals surface area contributed by atoms with E-state index in [1.165, 1.54) is 25.7 Å². The highest BCUT2D eigenvalue weighted by Gasteiger charge is 2.25. The topological polar surface area (TPSA) is 68.2 Å². The molecule has 1 aromatic carbocycles. The van der Waals surface area contributed by atoms with Crippen LogP contribution in [0.15, 0.2) is 22.7 Å². The monoisotopic (exact) mass is 364 g/mol. The lowest BCUT2D eigenvalue weighted by Gasteiger charge is -2.14. The minimum atomic E-state index is -0.387. The van der Waals surface area contributed by atoms with Crippen LogP contribution in [0, 0.1) is 5.92 Å². The molecule has 0 unspecified atom stereocenters. The predicted octanol–water partition coefficient (Wildman–Crippen LogP) is 3.23. The molecule has 1 fully saturated rings. The minimum Gasteiger partial charge on any atom is -0.395 e. The zero-order valence-corrected chi connectivity index (χ0v) is 14.1. The number of hydrogen-bond donors (Lipinski definition) is 2. The summed E-state index contributed by atoms with van der Waals surface area (Å²) < 4.78 is 2.95. The van der Waals surface area contributed by atoms with Gasteiger partial charge < -0.3 is 15.4 Å². The lowest BCUT2D eigenvalue weighted by atomic mass is 9.98. The number of rotatable bonds is 5. The van der Waals surface area contributed by atoms with Gasteiger partial charge in [0.25, 0.3) is 5.91 Å². The number of carbonyl (C=O) groups is 1. The molecule has 0 spiro atoms. The van der Waals surface area contributed by atoms with E-state index in [0.717, 1.165) is 27.5 Å². The maximum absolute atomic E-state index is 12.1. The van der Waals surface area contributed by atoms with E-state index in [0.29, 0.717) is 18.0 Å². The first-order valence-electron chi connectivity index (χ1n) is 7.83. The molecule has 4 nitrogen and oxygen atoms in total. The molecule has 5 heteroatoms. The second-order valence-electron chi connectivity index (χ2n) is 6.05. The average Bonchev–Trinajstić information content (AvgIpc) is 3.08. The van der Waals surface area contributed by atoms with Gasteiger partial charge in [0.05, 0.1) is 17.7 Å². The summed E-state index contributed by atoms with van der Waals surface area (Å²) in [6, 6.07) is 5.86. The van der Waals surface area contributed by atoms with E-state index in [1.54, 1.807) is 0 Å². The molecule has 1 aliphatic rings. The number of amides is 1. The van der Waals surface area contributed by atoms with Gasteiger partial charge in [-0.05, 0) is 24.5 Å². The number of primary amides is 1. The summed E-state index contributed by atoms with van der Waals surface area (Å²) in [6.07, 6.45) is 5.81. The Labute approximate surface area is 138 Å². The second kappa shape index (κ2) is 6.42. The molecule has 0 aliphatic heterocycles. The van der Waals surface area contributed by atoms with Crippen LogP contribution < -0.4 is 5.73 Å². The van der Waals surface area contributed by atoms with Crippen molar-refractivity contribution in [3.05, 3.63) is 33.9 Å². The van der Waals surface area contributed by atoms with Crippen LogP contribution in [0.2, 0.25) is 0 Å². The maximum atomic E-state index is 12.1. The zero-order chi connectivity index (χ0) is 15.7. The maximum Gasteiger partial charge on any atom is 0.251 e. The first kappa shape index (κ1) is 15.6. The summed E-state index contributed by atoms with van der Waals surface area (Å²) in [6.45, 7) is 0.536. The van der Waals surface area contributed by atoms with Crippen molar-refractivity contribution in [2.45, 2.75) is 38.6 Å². The normalized spacial score (nSPS) is 15.7. The smallest absolute Gasteiger partial charge is 0.251 e. The van der Waals surface area contributed by atoms with Crippen LogP contribution in [0.3, 0.4) is 0 Å². The molecule has 0 saturated heterocycles. The summed E-state index contributed by atoms with van der Waals surface area (Å²) in [5.74, 6) is 0.222. The van der Waals surface area contributed by atoms with Gasteiger partial charge in [0.1, 0.15) is 0 Å². The van der Waals surface area contributed by atoms with Crippen LogP contribution >= 0.6 is 15.9 Å². The van der Waals surface area contributed by atoms with Gasteiger partial charge >= 0.3 is 0 Å². The van der Waals surface area contributed by atoms with E-state index in [9.17, 15) is 9.90 Å². The Hall–Kier alpha value is -1.33. The van der Waals surface area contributed by atoms with Crippen molar-refractivity contribution < 1.29 is 9.90 Å². The number of aliphatic hydroxyl groups excluding tert-OH is 1. The number of aliphatic hydroxyl groups is 1. The van der Waals surface area contributed by atoms with Crippen molar-refractivity contribution in [1.29, 1.82) is 0 Å². The van der Waals surface area contributed by atoms with Crippen molar-refractivity contribution in [2.24, 2.45) is 11.7 Å². The van der Waals surface area contributed by atoms with Crippen LogP contribution in [0.5, 0.6) is 0 Å². The van der Waals surface area contributed by atoms with Gasteiger partial charge in [-0.15, -0.1) is 0 Å². The number of halogens is 1. The molecule has 3 rings (SSSR count). The van der Waals surface area contributed by atoms with Crippen LogP contribution in [0.25, 0.3) is 10.9 Å². The molecule has 1 heterocycles. The number of nitrogens with zero attached hydrogens (tertiary/aromatic N) is 1. The lowest BCUT2D eigenvalue weighted by Crippen LogP contribution is -2.17. The molecular weight excluding hydrogens is 344 g/mol. The third-order valence-electron chi connectivity index (χ3n) is 4.67. The van der Waals surface area contributed by atoms with Gasteiger partial charge in [-0.3, -0.25) is 4.79 Å². The van der Waals surface area contributed by atoms with E-state index >= 15 is 0 Å². The predicted molar refractivity (Wildman–Crippen MR) is 90.9 cm³/mol. The van der Waals surface area contributed by atoms with Crippen LogP contribution in [0.4, 0.5) is 0 Å². The summed E-state index contributed by atoms with van der Waals surface area (Å²) in [5, 5.41) is 10.3. The van der Waals surface area contributed by atoms with Crippen molar-refractivity contribution in [3.8, 4) is 0 Å². The molecule has 3 N–H and O–H groups in total. The number of benzene rings is 1. The van der Waals surface area contributed by atoms with Gasteiger partial charge in [0.15, 0.2) is 0 Å². The van der Waals surface area contributed by atoms with Crippen molar-refractivity contribution in [1.82, 2.24) is 4.57 Å². The molecule has 2 aromatic rings. The number of carbonyl (C=O) groups excluding carboxylic acids is 1. The highest BCUT2D eigenvalue weighted by Crippen LogP contribution is 2.36. The summed E-state index contributed by atoms with van der Waals surface area (Å²) in [5.41, 5.74) is 8.26. The molecule has 1 amide bonds. The largest absolute Gasteiger partial charge is 0.395 e. The Morgan fingerprint density at radius 3 is 2.73 bits per heavy atom. The summed E-state index contributed by atoms with van der Waals surface area (Å²) in [7, 11) is 0. The van der Waals surface area contributed by atoms with Gasteiger partial charge in [-0.2, -0.15) is 0 Å². The zero-order valence-electron chi connectivity index (χ0n) is 12.5. The fourth-order valence-corrected chi connectivity index (χ4v) is 4.28. The Kier molecular flexibility index (Phi) is 4.54. The van der Waals surface area contributed by atoms with Gasteiger partial charge in [0, 0.05) is 22.1 Å². The molecule has 1 aromatic heterocycles. The Morgan fingerprint density at radius 1 is 1.36 bits per heavy atom. The van der Waals surface area contributed by atoms with Gasteiger partial charge in [0.2, 0.25) is 0 Å². The number of fused-ring (bicyclic) bond motifs is 1. The third-order valence-corrected chi connectivity index (χ3v) is 5.33. The molecule has 0 radical (unpaired) electrons. The summed E-state index contributed by atoms with van der Waals surface area (Å²) in [4.78, 5) is 12.1. The van der Waals surface area contributed by atoms with Crippen molar-refractivity contribution in [3.63, 3.8) is 0 Å². The van der Waals surface area contributed by atoms with E-state index < -0.39 is 0 Å².